The van der Waals surface area contributed by atoms with Crippen molar-refractivity contribution in [2.24, 2.45) is 0 Å². The Morgan fingerprint density at radius 2 is 2.10 bits per heavy atom. The molecule has 2 aliphatic rings. The molecule has 1 N–H and O–H groups in total. The van der Waals surface area contributed by atoms with E-state index < -0.39 is 5.97 Å². The first kappa shape index (κ1) is 14.8. The predicted octanol–water partition coefficient (Wildman–Crippen LogP) is 3.81. The van der Waals surface area contributed by atoms with E-state index in [4.69, 9.17) is 4.74 Å². The Bertz CT molecular complexity index is 531. The van der Waals surface area contributed by atoms with E-state index in [1.165, 1.54) is 29.9 Å². The number of hydrogen-bond donors (Lipinski definition) is 1. The smallest absolute Gasteiger partial charge is 0.304 e. The number of thioether (sulfide) groups is 1. The zero-order valence-electron chi connectivity index (χ0n) is 12.4. The molecule has 1 aromatic rings. The Labute approximate surface area is 130 Å². The van der Waals surface area contributed by atoms with Crippen LogP contribution < -0.4 is 4.74 Å². The molecule has 0 bridgehead atoms. The minimum absolute atomic E-state index is 0.184. The molecule has 21 heavy (non-hydrogen) atoms. The largest absolute Gasteiger partial charge is 0.496 e. The van der Waals surface area contributed by atoms with E-state index >= 15 is 0 Å². The molecule has 0 amide bonds. The van der Waals surface area contributed by atoms with Crippen molar-refractivity contribution >= 4 is 17.7 Å². The fraction of sp³-hybridized carbons (Fsp3) is 0.588. The van der Waals surface area contributed by atoms with E-state index in [1.807, 2.05) is 17.8 Å². The number of carboxylic acids is 1. The van der Waals surface area contributed by atoms with Crippen LogP contribution in [-0.4, -0.2) is 29.7 Å². The number of rotatable bonds is 5. The van der Waals surface area contributed by atoms with E-state index in [0.717, 1.165) is 24.2 Å². The summed E-state index contributed by atoms with van der Waals surface area (Å²) in [5, 5.41) is 9.19. The second-order valence-corrected chi connectivity index (χ2v) is 7.42. The van der Waals surface area contributed by atoms with Gasteiger partial charge in [-0.3, -0.25) is 4.79 Å². The zero-order chi connectivity index (χ0) is 14.9. The molecule has 0 spiro atoms. The average molecular weight is 306 g/mol. The molecule has 1 saturated carbocycles. The van der Waals surface area contributed by atoms with Gasteiger partial charge >= 0.3 is 5.97 Å². The maximum absolute atomic E-state index is 11.2. The lowest BCUT2D eigenvalue weighted by Gasteiger charge is -2.24. The molecule has 1 heterocycles. The lowest BCUT2D eigenvalue weighted by molar-refractivity contribution is -0.137. The molecule has 0 radical (unpaired) electrons. The van der Waals surface area contributed by atoms with Crippen LogP contribution in [0, 0.1) is 0 Å². The number of methoxy groups -OCH3 is 1. The summed E-state index contributed by atoms with van der Waals surface area (Å²) in [5.74, 6) is 3.21. The maximum atomic E-state index is 11.2. The number of ether oxygens (including phenoxy) is 1. The normalized spacial score (nSPS) is 21.0. The molecule has 114 valence electrons. The van der Waals surface area contributed by atoms with E-state index in [9.17, 15) is 9.90 Å². The summed E-state index contributed by atoms with van der Waals surface area (Å²) in [7, 11) is 1.67. The summed E-state index contributed by atoms with van der Waals surface area (Å²) in [5.41, 5.74) is 2.29. The van der Waals surface area contributed by atoms with Crippen molar-refractivity contribution in [3.05, 3.63) is 29.3 Å². The fourth-order valence-electron chi connectivity index (χ4n) is 3.41. The van der Waals surface area contributed by atoms with Gasteiger partial charge in [0.15, 0.2) is 0 Å². The monoisotopic (exact) mass is 306 g/mol. The first-order valence-corrected chi connectivity index (χ1v) is 8.78. The van der Waals surface area contributed by atoms with Crippen LogP contribution in [0.2, 0.25) is 0 Å². The Kier molecular flexibility index (Phi) is 4.16. The van der Waals surface area contributed by atoms with Crippen molar-refractivity contribution in [2.75, 3.05) is 18.6 Å². The van der Waals surface area contributed by atoms with Crippen LogP contribution in [0.3, 0.4) is 0 Å². The van der Waals surface area contributed by atoms with Gasteiger partial charge in [0.1, 0.15) is 5.75 Å². The standard InChI is InChI=1S/C17H22O3S/c1-20-15-3-2-13(12-4-8-21-9-5-12)10-14(15)17(6-7-17)11-16(18)19/h2-3,10,12H,4-9,11H2,1H3,(H,18,19). The Hall–Kier alpha value is -1.16. The van der Waals surface area contributed by atoms with E-state index in [-0.39, 0.29) is 11.8 Å². The van der Waals surface area contributed by atoms with E-state index in [0.29, 0.717) is 5.92 Å². The van der Waals surface area contributed by atoms with Gasteiger partial charge in [0.2, 0.25) is 0 Å². The maximum Gasteiger partial charge on any atom is 0.304 e. The molecular formula is C17H22O3S. The van der Waals surface area contributed by atoms with Crippen molar-refractivity contribution in [1.29, 1.82) is 0 Å². The quantitative estimate of drug-likeness (QED) is 0.898. The molecule has 1 aliphatic carbocycles. The van der Waals surface area contributed by atoms with Crippen LogP contribution in [0.4, 0.5) is 0 Å². The Morgan fingerprint density at radius 3 is 2.67 bits per heavy atom. The second kappa shape index (κ2) is 5.91. The topological polar surface area (TPSA) is 46.5 Å². The summed E-state index contributed by atoms with van der Waals surface area (Å²) in [4.78, 5) is 11.2. The van der Waals surface area contributed by atoms with Crippen molar-refractivity contribution in [2.45, 2.75) is 43.4 Å². The van der Waals surface area contributed by atoms with Crippen LogP contribution in [0.1, 0.15) is 49.1 Å². The average Bonchev–Trinajstić information content (AvgIpc) is 3.27. The Balaban J connectivity index is 1.92. The van der Waals surface area contributed by atoms with Crippen LogP contribution in [0.15, 0.2) is 18.2 Å². The first-order chi connectivity index (χ1) is 10.1. The summed E-state index contributed by atoms with van der Waals surface area (Å²) in [6.07, 6.45) is 4.58. The number of benzene rings is 1. The van der Waals surface area contributed by atoms with Gasteiger partial charge < -0.3 is 9.84 Å². The van der Waals surface area contributed by atoms with Gasteiger partial charge in [0.05, 0.1) is 13.5 Å². The molecule has 1 aliphatic heterocycles. The number of aliphatic carboxylic acids is 1. The van der Waals surface area contributed by atoms with Gasteiger partial charge in [0.25, 0.3) is 0 Å². The van der Waals surface area contributed by atoms with E-state index in [1.54, 1.807) is 7.11 Å². The summed E-state index contributed by atoms with van der Waals surface area (Å²) in [6.45, 7) is 0. The van der Waals surface area contributed by atoms with E-state index in [2.05, 4.69) is 12.1 Å². The summed E-state index contributed by atoms with van der Waals surface area (Å²) >= 11 is 2.03. The minimum Gasteiger partial charge on any atom is -0.496 e. The molecule has 2 fully saturated rings. The fourth-order valence-corrected chi connectivity index (χ4v) is 4.51. The molecule has 1 aromatic carbocycles. The van der Waals surface area contributed by atoms with Gasteiger partial charge in [-0.05, 0) is 54.7 Å². The van der Waals surface area contributed by atoms with Crippen molar-refractivity contribution in [3.63, 3.8) is 0 Å². The van der Waals surface area contributed by atoms with Crippen LogP contribution in [0.5, 0.6) is 5.75 Å². The van der Waals surface area contributed by atoms with Gasteiger partial charge in [-0.25, -0.2) is 0 Å². The molecule has 3 rings (SSSR count). The molecular weight excluding hydrogens is 284 g/mol. The molecule has 0 unspecified atom stereocenters. The first-order valence-electron chi connectivity index (χ1n) is 7.62. The highest BCUT2D eigenvalue weighted by atomic mass is 32.2. The van der Waals surface area contributed by atoms with Gasteiger partial charge in [-0.1, -0.05) is 12.1 Å². The second-order valence-electron chi connectivity index (χ2n) is 6.20. The number of carboxylic acid groups (broad SMARTS) is 1. The molecule has 0 aromatic heterocycles. The zero-order valence-corrected chi connectivity index (χ0v) is 13.2. The minimum atomic E-state index is -0.714. The number of carbonyl (C=O) groups is 1. The van der Waals surface area contributed by atoms with Gasteiger partial charge in [-0.2, -0.15) is 11.8 Å². The van der Waals surface area contributed by atoms with Crippen molar-refractivity contribution in [1.82, 2.24) is 0 Å². The van der Waals surface area contributed by atoms with Crippen molar-refractivity contribution < 1.29 is 14.6 Å². The lowest BCUT2D eigenvalue weighted by Crippen LogP contribution is -2.15. The van der Waals surface area contributed by atoms with Crippen LogP contribution in [-0.2, 0) is 10.2 Å². The highest BCUT2D eigenvalue weighted by molar-refractivity contribution is 7.99. The summed E-state index contributed by atoms with van der Waals surface area (Å²) < 4.78 is 5.50. The summed E-state index contributed by atoms with van der Waals surface area (Å²) in [6, 6.07) is 6.43. The molecule has 0 atom stereocenters. The SMILES string of the molecule is COc1ccc(C2CCSCC2)cc1C1(CC(=O)O)CC1. The molecule has 3 nitrogen and oxygen atoms in total. The third-order valence-electron chi connectivity index (χ3n) is 4.83. The molecule has 1 saturated heterocycles. The van der Waals surface area contributed by atoms with Crippen LogP contribution >= 0.6 is 11.8 Å². The third kappa shape index (κ3) is 3.05. The highest BCUT2D eigenvalue weighted by Crippen LogP contribution is 2.54. The number of hydrogen-bond acceptors (Lipinski definition) is 3. The highest BCUT2D eigenvalue weighted by Gasteiger charge is 2.48. The third-order valence-corrected chi connectivity index (χ3v) is 5.88. The Morgan fingerprint density at radius 1 is 1.38 bits per heavy atom. The predicted molar refractivity (Wildman–Crippen MR) is 85.5 cm³/mol. The van der Waals surface area contributed by atoms with Crippen molar-refractivity contribution in [3.8, 4) is 5.75 Å². The lowest BCUT2D eigenvalue weighted by atomic mass is 9.86. The van der Waals surface area contributed by atoms with Crippen LogP contribution in [0.25, 0.3) is 0 Å². The van der Waals surface area contributed by atoms with Gasteiger partial charge in [0, 0.05) is 11.0 Å². The molecule has 4 heteroatoms. The van der Waals surface area contributed by atoms with Gasteiger partial charge in [-0.15, -0.1) is 0 Å².